The predicted molar refractivity (Wildman–Crippen MR) is 161 cm³/mol. The minimum atomic E-state index is -4.57. The molecule has 1 amide bonds. The zero-order valence-electron chi connectivity index (χ0n) is 25.8. The normalized spacial score (nSPS) is 32.6. The van der Waals surface area contributed by atoms with E-state index >= 15 is 0 Å². The molecule has 12 heteroatoms. The number of fused-ring (bicyclic) bond motifs is 3. The maximum absolute atomic E-state index is 14.5. The number of imidazole rings is 1. The van der Waals surface area contributed by atoms with Crippen molar-refractivity contribution in [3.05, 3.63) is 40.1 Å². The van der Waals surface area contributed by atoms with Crippen LogP contribution in [-0.2, 0) is 17.4 Å². The summed E-state index contributed by atoms with van der Waals surface area (Å²) in [6, 6.07) is 1.44. The third-order valence-corrected chi connectivity index (χ3v) is 11.5. The lowest BCUT2D eigenvalue weighted by Gasteiger charge is -2.46. The van der Waals surface area contributed by atoms with Crippen LogP contribution in [-0.4, -0.2) is 69.8 Å². The van der Waals surface area contributed by atoms with Crippen molar-refractivity contribution in [1.82, 2.24) is 34.9 Å². The van der Waals surface area contributed by atoms with Gasteiger partial charge in [-0.3, -0.25) is 19.1 Å². The number of likely N-dealkylation sites (tertiary alicyclic amines) is 1. The van der Waals surface area contributed by atoms with Crippen molar-refractivity contribution in [2.75, 3.05) is 26.8 Å². The van der Waals surface area contributed by atoms with E-state index < -0.39 is 11.7 Å². The summed E-state index contributed by atoms with van der Waals surface area (Å²) in [5, 5.41) is 9.37. The van der Waals surface area contributed by atoms with E-state index in [4.69, 9.17) is 0 Å². The first-order valence-electron chi connectivity index (χ1n) is 16.6. The van der Waals surface area contributed by atoms with E-state index in [0.29, 0.717) is 42.8 Å². The van der Waals surface area contributed by atoms with E-state index in [9.17, 15) is 22.8 Å². The fraction of sp³-hybridized carbons (Fsp3) is 0.750. The Morgan fingerprint density at radius 1 is 1.02 bits per heavy atom. The molecule has 2 aromatic heterocycles. The van der Waals surface area contributed by atoms with Gasteiger partial charge in [-0.25, -0.2) is 15.2 Å². The quantitative estimate of drug-likeness (QED) is 0.458. The topological polar surface area (TPSA) is 86.1 Å². The Kier molecular flexibility index (Phi) is 8.08. The number of hydrogen-bond donors (Lipinski definition) is 3. The lowest BCUT2D eigenvalue weighted by Crippen LogP contribution is -2.61. The molecule has 0 spiro atoms. The molecule has 6 atom stereocenters. The average Bonchev–Trinajstić information content (AvgIpc) is 3.51. The number of piperidine rings is 1. The summed E-state index contributed by atoms with van der Waals surface area (Å²) in [7, 11) is 2.08. The van der Waals surface area contributed by atoms with Crippen molar-refractivity contribution >= 4 is 11.4 Å². The highest BCUT2D eigenvalue weighted by Gasteiger charge is 2.44. The Hall–Kier alpha value is -2.41. The number of rotatable bonds is 6. The molecule has 0 aromatic carbocycles. The number of piperazine rings is 1. The maximum atomic E-state index is 14.5. The summed E-state index contributed by atoms with van der Waals surface area (Å²) in [5.41, 5.74) is 2.77. The summed E-state index contributed by atoms with van der Waals surface area (Å²) in [4.78, 5) is 27.7. The smallest absolute Gasteiger partial charge is 0.340 e. The van der Waals surface area contributed by atoms with Gasteiger partial charge < -0.3 is 10.2 Å². The SMILES string of the molecule is CC(=O)N1CC2CC(Cc3cc(C(F)(F)F)c4cn(C5CCCC([C@@H](C6CCC6)C6NCNN6C)C5)c(=O)n4c3)CC(C1)N2. The van der Waals surface area contributed by atoms with Gasteiger partial charge in [0, 0.05) is 57.6 Å². The van der Waals surface area contributed by atoms with Crippen molar-refractivity contribution in [2.24, 2.45) is 23.7 Å². The number of carbonyl (C=O) groups is 1. The molecule has 2 aliphatic carbocycles. The van der Waals surface area contributed by atoms with Gasteiger partial charge in [-0.1, -0.05) is 25.7 Å². The molecule has 5 unspecified atom stereocenters. The van der Waals surface area contributed by atoms with Gasteiger partial charge in [0.2, 0.25) is 5.91 Å². The molecule has 0 radical (unpaired) electrons. The molecule has 5 aliphatic rings. The van der Waals surface area contributed by atoms with Crippen molar-refractivity contribution in [2.45, 2.75) is 102 Å². The maximum Gasteiger partial charge on any atom is 0.418 e. The van der Waals surface area contributed by atoms with Crippen LogP contribution in [0.25, 0.3) is 5.52 Å². The predicted octanol–water partition coefficient (Wildman–Crippen LogP) is 3.73. The fourth-order valence-corrected chi connectivity index (χ4v) is 9.28. The zero-order valence-corrected chi connectivity index (χ0v) is 25.8. The molecule has 2 saturated carbocycles. The molecule has 2 bridgehead atoms. The van der Waals surface area contributed by atoms with Crippen LogP contribution < -0.4 is 21.7 Å². The van der Waals surface area contributed by atoms with E-state index in [1.54, 1.807) is 17.7 Å². The molecule has 5 heterocycles. The Morgan fingerprint density at radius 3 is 2.34 bits per heavy atom. The number of nitrogens with zero attached hydrogens (tertiary/aromatic N) is 4. The molecule has 3 aliphatic heterocycles. The van der Waals surface area contributed by atoms with Gasteiger partial charge in [-0.15, -0.1) is 0 Å². The lowest BCUT2D eigenvalue weighted by atomic mass is 9.65. The highest BCUT2D eigenvalue weighted by atomic mass is 19.4. The summed E-state index contributed by atoms with van der Waals surface area (Å²) in [6.07, 6.45) is 8.24. The van der Waals surface area contributed by atoms with E-state index in [1.807, 2.05) is 4.90 Å². The van der Waals surface area contributed by atoms with E-state index in [0.717, 1.165) is 45.2 Å². The zero-order chi connectivity index (χ0) is 30.7. The number of nitrogens with one attached hydrogen (secondary N) is 3. The highest BCUT2D eigenvalue weighted by molar-refractivity contribution is 5.73. The molecular weight excluding hydrogens is 571 g/mol. The monoisotopic (exact) mass is 617 g/mol. The Bertz CT molecular complexity index is 1420. The molecule has 44 heavy (non-hydrogen) atoms. The third kappa shape index (κ3) is 5.71. The number of alkyl halides is 3. The number of hydrogen-bond acceptors (Lipinski definition) is 6. The summed E-state index contributed by atoms with van der Waals surface area (Å²) in [6.45, 7) is 3.58. The Morgan fingerprint density at radius 2 is 1.73 bits per heavy atom. The molecule has 3 saturated heterocycles. The van der Waals surface area contributed by atoms with Gasteiger partial charge in [0.15, 0.2) is 0 Å². The molecule has 7 rings (SSSR count). The standard InChI is InChI=1S/C32H46F3N7O2/c1-19(43)40-15-24-10-20(11-25(16-40)38-24)9-21-12-27(32(33,34)35)28-17-41(31(44)42(28)14-21)26-8-4-7-23(13-26)29(22-5-3-6-22)30-36-18-37-39(30)2/h12,14,17,20,22-26,29-30,36-38H,3-11,13,15-16,18H2,1-2H3/t20?,23?,24?,25?,26?,29-,30?/m1/s1. The van der Waals surface area contributed by atoms with Crippen molar-refractivity contribution in [3.8, 4) is 0 Å². The van der Waals surface area contributed by atoms with Gasteiger partial charge in [-0.2, -0.15) is 13.2 Å². The first kappa shape index (κ1) is 30.3. The van der Waals surface area contributed by atoms with Crippen molar-refractivity contribution in [3.63, 3.8) is 0 Å². The van der Waals surface area contributed by atoms with Gasteiger partial charge in [-0.05, 0) is 73.8 Å². The first-order chi connectivity index (χ1) is 21.0. The average molecular weight is 618 g/mol. The van der Waals surface area contributed by atoms with Crippen LogP contribution in [0, 0.1) is 23.7 Å². The summed E-state index contributed by atoms with van der Waals surface area (Å²) in [5.74, 6) is 1.75. The van der Waals surface area contributed by atoms with Crippen molar-refractivity contribution in [1.29, 1.82) is 0 Å². The Balaban J connectivity index is 1.15. The minimum Gasteiger partial charge on any atom is -0.340 e. The van der Waals surface area contributed by atoms with Gasteiger partial charge in [0.25, 0.3) is 0 Å². The second-order valence-corrected chi connectivity index (χ2v) is 14.3. The van der Waals surface area contributed by atoms with E-state index in [2.05, 4.69) is 28.1 Å². The molecular formula is C32H46F3N7O2. The molecule has 9 nitrogen and oxygen atoms in total. The first-order valence-corrected chi connectivity index (χ1v) is 16.6. The summed E-state index contributed by atoms with van der Waals surface area (Å²) < 4.78 is 46.3. The van der Waals surface area contributed by atoms with Gasteiger partial charge in [0.05, 0.1) is 23.9 Å². The molecule has 242 valence electrons. The number of halogens is 3. The Labute approximate surface area is 256 Å². The second kappa shape index (κ2) is 11.7. The lowest BCUT2D eigenvalue weighted by molar-refractivity contribution is -0.136. The van der Waals surface area contributed by atoms with Crippen LogP contribution in [0.2, 0.25) is 0 Å². The van der Waals surface area contributed by atoms with Crippen LogP contribution in [0.5, 0.6) is 0 Å². The largest absolute Gasteiger partial charge is 0.418 e. The number of carbonyl (C=O) groups excluding carboxylic acids is 1. The highest BCUT2D eigenvalue weighted by Crippen LogP contribution is 2.47. The van der Waals surface area contributed by atoms with E-state index in [1.165, 1.54) is 35.9 Å². The minimum absolute atomic E-state index is 0.0513. The van der Waals surface area contributed by atoms with Gasteiger partial charge >= 0.3 is 11.9 Å². The van der Waals surface area contributed by atoms with Crippen LogP contribution in [0.3, 0.4) is 0 Å². The fourth-order valence-electron chi connectivity index (χ4n) is 9.28. The second-order valence-electron chi connectivity index (χ2n) is 14.3. The number of aromatic nitrogens is 2. The van der Waals surface area contributed by atoms with Gasteiger partial charge in [0.1, 0.15) is 0 Å². The third-order valence-electron chi connectivity index (χ3n) is 11.5. The van der Waals surface area contributed by atoms with Crippen LogP contribution in [0.1, 0.15) is 81.9 Å². The van der Waals surface area contributed by atoms with Crippen LogP contribution in [0.15, 0.2) is 23.3 Å². The number of amides is 1. The van der Waals surface area contributed by atoms with E-state index in [-0.39, 0.29) is 47.3 Å². The number of hydrazine groups is 1. The van der Waals surface area contributed by atoms with Crippen LogP contribution in [0.4, 0.5) is 13.2 Å². The molecule has 5 fully saturated rings. The van der Waals surface area contributed by atoms with Crippen LogP contribution >= 0.6 is 0 Å². The molecule has 2 aromatic rings. The van der Waals surface area contributed by atoms with Crippen molar-refractivity contribution < 1.29 is 18.0 Å². The number of pyridine rings is 1. The molecule has 3 N–H and O–H groups in total. The summed E-state index contributed by atoms with van der Waals surface area (Å²) >= 11 is 0.